The van der Waals surface area contributed by atoms with E-state index in [4.69, 9.17) is 9.47 Å². The summed E-state index contributed by atoms with van der Waals surface area (Å²) in [6.45, 7) is 7.52. The van der Waals surface area contributed by atoms with Crippen LogP contribution >= 0.6 is 0 Å². The summed E-state index contributed by atoms with van der Waals surface area (Å²) >= 11 is 0. The first kappa shape index (κ1) is 13.6. The van der Waals surface area contributed by atoms with Gasteiger partial charge in [0.1, 0.15) is 11.5 Å². The topological polar surface area (TPSA) is 55.8 Å². The SMILES string of the molecule is CCOC(=O)[C@@H]1[C@H]2C(=O)N(CC(C)C)C[C@]23C=C[C@H]1O3. The zero-order valence-corrected chi connectivity index (χ0v) is 12.2. The second-order valence-corrected chi connectivity index (χ2v) is 6.26. The third kappa shape index (κ3) is 1.79. The average Bonchev–Trinajstić information content (AvgIpc) is 2.98. The molecule has 2 saturated heterocycles. The van der Waals surface area contributed by atoms with Crippen LogP contribution in [-0.2, 0) is 19.1 Å². The van der Waals surface area contributed by atoms with Crippen LogP contribution in [0.5, 0.6) is 0 Å². The van der Waals surface area contributed by atoms with Gasteiger partial charge in [-0.25, -0.2) is 0 Å². The molecule has 3 rings (SSSR count). The standard InChI is InChI=1S/C15H21NO4/c1-4-19-14(18)11-10-5-6-15(20-10)8-16(7-9(2)3)13(17)12(11)15/h5-6,9-12H,4,7-8H2,1-3H3/t10-,11+,12+,15-/m1/s1. The Bertz CT molecular complexity index is 472. The van der Waals surface area contributed by atoms with Crippen molar-refractivity contribution in [1.29, 1.82) is 0 Å². The molecule has 1 amide bonds. The molecule has 4 atom stereocenters. The van der Waals surface area contributed by atoms with Gasteiger partial charge in [-0.2, -0.15) is 0 Å². The van der Waals surface area contributed by atoms with E-state index in [1.54, 1.807) is 6.92 Å². The molecule has 2 bridgehead atoms. The van der Waals surface area contributed by atoms with E-state index in [1.807, 2.05) is 17.1 Å². The molecule has 0 saturated carbocycles. The fourth-order valence-electron chi connectivity index (χ4n) is 3.68. The fourth-order valence-corrected chi connectivity index (χ4v) is 3.68. The molecule has 5 heteroatoms. The highest BCUT2D eigenvalue weighted by molar-refractivity contribution is 5.91. The molecule has 0 aliphatic carbocycles. The first-order valence-corrected chi connectivity index (χ1v) is 7.31. The third-order valence-corrected chi connectivity index (χ3v) is 4.32. The number of fused-ring (bicyclic) bond motifs is 1. The van der Waals surface area contributed by atoms with Gasteiger partial charge in [0.25, 0.3) is 0 Å². The van der Waals surface area contributed by atoms with Gasteiger partial charge in [-0.15, -0.1) is 0 Å². The summed E-state index contributed by atoms with van der Waals surface area (Å²) in [5.74, 6) is -0.770. The van der Waals surface area contributed by atoms with Crippen LogP contribution in [0.2, 0.25) is 0 Å². The van der Waals surface area contributed by atoms with Crippen molar-refractivity contribution in [1.82, 2.24) is 4.90 Å². The molecule has 110 valence electrons. The minimum Gasteiger partial charge on any atom is -0.466 e. The Morgan fingerprint density at radius 2 is 2.35 bits per heavy atom. The Hall–Kier alpha value is -1.36. The summed E-state index contributed by atoms with van der Waals surface area (Å²) in [6, 6.07) is 0. The average molecular weight is 279 g/mol. The Morgan fingerprint density at radius 3 is 3.00 bits per heavy atom. The molecule has 3 aliphatic rings. The van der Waals surface area contributed by atoms with Crippen molar-refractivity contribution >= 4 is 11.9 Å². The van der Waals surface area contributed by atoms with Crippen LogP contribution in [0.3, 0.4) is 0 Å². The molecule has 0 aromatic heterocycles. The van der Waals surface area contributed by atoms with Crippen LogP contribution in [0.4, 0.5) is 0 Å². The summed E-state index contributed by atoms with van der Waals surface area (Å²) in [5.41, 5.74) is -0.603. The van der Waals surface area contributed by atoms with Gasteiger partial charge in [0.05, 0.1) is 25.2 Å². The normalized spacial score (nSPS) is 37.9. The number of ether oxygens (including phenoxy) is 2. The molecule has 0 aromatic carbocycles. The molecule has 0 N–H and O–H groups in total. The number of amides is 1. The van der Waals surface area contributed by atoms with Crippen LogP contribution < -0.4 is 0 Å². The summed E-state index contributed by atoms with van der Waals surface area (Å²) in [4.78, 5) is 26.6. The van der Waals surface area contributed by atoms with Crippen molar-refractivity contribution in [2.75, 3.05) is 19.7 Å². The van der Waals surface area contributed by atoms with Gasteiger partial charge in [0, 0.05) is 6.54 Å². The Balaban J connectivity index is 1.87. The number of carbonyl (C=O) groups is 2. The van der Waals surface area contributed by atoms with Crippen LogP contribution in [0.15, 0.2) is 12.2 Å². The third-order valence-electron chi connectivity index (χ3n) is 4.32. The molecular formula is C15H21NO4. The van der Waals surface area contributed by atoms with E-state index in [0.29, 0.717) is 25.6 Å². The fraction of sp³-hybridized carbons (Fsp3) is 0.733. The first-order chi connectivity index (χ1) is 9.48. The Kier molecular flexibility index (Phi) is 3.12. The van der Waals surface area contributed by atoms with Gasteiger partial charge in [0.2, 0.25) is 5.91 Å². The quantitative estimate of drug-likeness (QED) is 0.569. The number of hydrogen-bond acceptors (Lipinski definition) is 4. The molecule has 1 spiro atoms. The van der Waals surface area contributed by atoms with Crippen molar-refractivity contribution in [2.45, 2.75) is 32.5 Å². The lowest BCUT2D eigenvalue weighted by atomic mass is 9.77. The molecule has 0 radical (unpaired) electrons. The Labute approximate surface area is 118 Å². The molecule has 0 unspecified atom stereocenters. The second-order valence-electron chi connectivity index (χ2n) is 6.26. The summed E-state index contributed by atoms with van der Waals surface area (Å²) < 4.78 is 11.1. The van der Waals surface area contributed by atoms with Crippen molar-refractivity contribution in [3.8, 4) is 0 Å². The van der Waals surface area contributed by atoms with Gasteiger partial charge in [-0.1, -0.05) is 26.0 Å². The highest BCUT2D eigenvalue weighted by atomic mass is 16.6. The zero-order chi connectivity index (χ0) is 14.5. The number of hydrogen-bond donors (Lipinski definition) is 0. The lowest BCUT2D eigenvalue weighted by molar-refractivity contribution is -0.153. The number of esters is 1. The zero-order valence-electron chi connectivity index (χ0n) is 12.2. The maximum Gasteiger partial charge on any atom is 0.312 e. The van der Waals surface area contributed by atoms with Crippen LogP contribution in [0.1, 0.15) is 20.8 Å². The minimum absolute atomic E-state index is 0.0311. The lowest BCUT2D eigenvalue weighted by Crippen LogP contribution is -2.40. The second kappa shape index (κ2) is 4.58. The number of nitrogens with zero attached hydrogens (tertiary/aromatic N) is 1. The van der Waals surface area contributed by atoms with Gasteiger partial charge in [-0.05, 0) is 12.8 Å². The van der Waals surface area contributed by atoms with Gasteiger partial charge in [0.15, 0.2) is 0 Å². The minimum atomic E-state index is -0.603. The smallest absolute Gasteiger partial charge is 0.312 e. The van der Waals surface area contributed by atoms with E-state index in [-0.39, 0.29) is 18.0 Å². The number of carbonyl (C=O) groups excluding carboxylic acids is 2. The van der Waals surface area contributed by atoms with E-state index in [0.717, 1.165) is 0 Å². The van der Waals surface area contributed by atoms with Gasteiger partial charge < -0.3 is 14.4 Å². The maximum atomic E-state index is 12.6. The van der Waals surface area contributed by atoms with Crippen molar-refractivity contribution < 1.29 is 19.1 Å². The predicted molar refractivity (Wildman–Crippen MR) is 71.8 cm³/mol. The van der Waals surface area contributed by atoms with Gasteiger partial charge >= 0.3 is 5.97 Å². The van der Waals surface area contributed by atoms with Gasteiger partial charge in [-0.3, -0.25) is 9.59 Å². The van der Waals surface area contributed by atoms with Crippen LogP contribution in [0.25, 0.3) is 0 Å². The molecule has 2 fully saturated rings. The van der Waals surface area contributed by atoms with E-state index >= 15 is 0 Å². The van der Waals surface area contributed by atoms with E-state index in [2.05, 4.69) is 13.8 Å². The van der Waals surface area contributed by atoms with Crippen LogP contribution in [0, 0.1) is 17.8 Å². The molecule has 3 aliphatic heterocycles. The summed E-state index contributed by atoms with van der Waals surface area (Å²) in [7, 11) is 0. The maximum absolute atomic E-state index is 12.6. The highest BCUT2D eigenvalue weighted by Crippen LogP contribution is 2.52. The monoisotopic (exact) mass is 279 g/mol. The van der Waals surface area contributed by atoms with E-state index < -0.39 is 17.4 Å². The highest BCUT2D eigenvalue weighted by Gasteiger charge is 2.67. The molecule has 20 heavy (non-hydrogen) atoms. The van der Waals surface area contributed by atoms with Crippen molar-refractivity contribution in [3.05, 3.63) is 12.2 Å². The molecular weight excluding hydrogens is 258 g/mol. The van der Waals surface area contributed by atoms with E-state index in [9.17, 15) is 9.59 Å². The largest absolute Gasteiger partial charge is 0.466 e. The number of likely N-dealkylation sites (tertiary alicyclic amines) is 1. The van der Waals surface area contributed by atoms with E-state index in [1.165, 1.54) is 0 Å². The predicted octanol–water partition coefficient (Wildman–Crippen LogP) is 0.987. The summed E-state index contributed by atoms with van der Waals surface area (Å²) in [5, 5.41) is 0. The van der Waals surface area contributed by atoms with Crippen molar-refractivity contribution in [3.63, 3.8) is 0 Å². The Morgan fingerprint density at radius 1 is 1.60 bits per heavy atom. The molecule has 0 aromatic rings. The first-order valence-electron chi connectivity index (χ1n) is 7.31. The van der Waals surface area contributed by atoms with Crippen LogP contribution in [-0.4, -0.2) is 48.2 Å². The summed E-state index contributed by atoms with van der Waals surface area (Å²) in [6.07, 6.45) is 3.57. The van der Waals surface area contributed by atoms with Crippen molar-refractivity contribution in [2.24, 2.45) is 17.8 Å². The number of rotatable bonds is 4. The lowest BCUT2D eigenvalue weighted by Gasteiger charge is -2.22. The molecule has 5 nitrogen and oxygen atoms in total. The molecule has 3 heterocycles.